The number of carbonyl (C=O) groups is 1. The number of rotatable bonds is 2. The molecule has 0 radical (unpaired) electrons. The number of hydrogen-bond acceptors (Lipinski definition) is 3. The van der Waals surface area contributed by atoms with E-state index in [1.54, 1.807) is 11.3 Å². The summed E-state index contributed by atoms with van der Waals surface area (Å²) in [6.45, 7) is 0. The molecule has 2 heterocycles. The van der Waals surface area contributed by atoms with Gasteiger partial charge in [0, 0.05) is 5.92 Å². The van der Waals surface area contributed by atoms with Gasteiger partial charge in [-0.05, 0) is 37.1 Å². The van der Waals surface area contributed by atoms with Crippen LogP contribution in [0.15, 0.2) is 11.4 Å². The Labute approximate surface area is 103 Å². The summed E-state index contributed by atoms with van der Waals surface area (Å²) >= 11 is 1.71. The SMILES string of the molecule is O=C(O)C1CCC(c2[nH]nc3ccsc23)CC1. The molecule has 1 saturated carbocycles. The van der Waals surface area contributed by atoms with Crippen molar-refractivity contribution < 1.29 is 9.90 Å². The predicted octanol–water partition coefficient (Wildman–Crippen LogP) is 2.98. The molecule has 1 fully saturated rings. The third kappa shape index (κ3) is 1.84. The zero-order valence-electron chi connectivity index (χ0n) is 9.35. The summed E-state index contributed by atoms with van der Waals surface area (Å²) < 4.78 is 1.24. The Morgan fingerprint density at radius 2 is 2.18 bits per heavy atom. The molecule has 90 valence electrons. The summed E-state index contributed by atoms with van der Waals surface area (Å²) in [5, 5.41) is 18.4. The molecule has 3 rings (SSSR count). The average molecular weight is 250 g/mol. The molecular formula is C12H14N2O2S. The number of nitrogens with one attached hydrogen (secondary N) is 1. The van der Waals surface area contributed by atoms with Crippen LogP contribution < -0.4 is 0 Å². The maximum Gasteiger partial charge on any atom is 0.306 e. The van der Waals surface area contributed by atoms with E-state index in [0.717, 1.165) is 31.2 Å². The molecule has 17 heavy (non-hydrogen) atoms. The standard InChI is InChI=1S/C12H14N2O2S/c15-12(16)8-3-1-7(2-4-8)10-11-9(13-14-10)5-6-17-11/h5-8H,1-4H2,(H,13,14)(H,15,16). The monoisotopic (exact) mass is 250 g/mol. The Balaban J connectivity index is 1.79. The summed E-state index contributed by atoms with van der Waals surface area (Å²) in [4.78, 5) is 10.9. The number of hydrogen-bond donors (Lipinski definition) is 2. The van der Waals surface area contributed by atoms with E-state index in [9.17, 15) is 4.79 Å². The molecule has 2 N–H and O–H groups in total. The van der Waals surface area contributed by atoms with Gasteiger partial charge in [-0.1, -0.05) is 0 Å². The van der Waals surface area contributed by atoms with Gasteiger partial charge in [0.2, 0.25) is 0 Å². The fourth-order valence-corrected chi connectivity index (χ4v) is 3.58. The van der Waals surface area contributed by atoms with Crippen molar-refractivity contribution in [3.05, 3.63) is 17.1 Å². The zero-order chi connectivity index (χ0) is 11.8. The number of aromatic nitrogens is 2. The average Bonchev–Trinajstić information content (AvgIpc) is 2.90. The fraction of sp³-hybridized carbons (Fsp3) is 0.500. The van der Waals surface area contributed by atoms with Crippen LogP contribution in [-0.4, -0.2) is 21.3 Å². The lowest BCUT2D eigenvalue weighted by atomic mass is 9.80. The lowest BCUT2D eigenvalue weighted by Crippen LogP contribution is -2.20. The molecule has 0 spiro atoms. The molecule has 0 aliphatic heterocycles. The minimum Gasteiger partial charge on any atom is -0.481 e. The highest BCUT2D eigenvalue weighted by molar-refractivity contribution is 7.17. The van der Waals surface area contributed by atoms with Crippen molar-refractivity contribution in [2.24, 2.45) is 5.92 Å². The molecule has 2 aromatic heterocycles. The second kappa shape index (κ2) is 4.14. The second-order valence-electron chi connectivity index (χ2n) is 4.66. The molecule has 0 saturated heterocycles. The molecular weight excluding hydrogens is 236 g/mol. The van der Waals surface area contributed by atoms with Gasteiger partial charge in [0.25, 0.3) is 0 Å². The Morgan fingerprint density at radius 3 is 2.88 bits per heavy atom. The van der Waals surface area contributed by atoms with E-state index in [0.29, 0.717) is 5.92 Å². The molecule has 0 aromatic carbocycles. The summed E-state index contributed by atoms with van der Waals surface area (Å²) in [7, 11) is 0. The summed E-state index contributed by atoms with van der Waals surface area (Å²) in [5.74, 6) is -0.337. The van der Waals surface area contributed by atoms with Gasteiger partial charge in [-0.15, -0.1) is 11.3 Å². The van der Waals surface area contributed by atoms with Crippen molar-refractivity contribution in [3.63, 3.8) is 0 Å². The lowest BCUT2D eigenvalue weighted by Gasteiger charge is -2.25. The molecule has 0 bridgehead atoms. The van der Waals surface area contributed by atoms with Gasteiger partial charge in [-0.25, -0.2) is 0 Å². The Morgan fingerprint density at radius 1 is 1.41 bits per heavy atom. The number of aliphatic carboxylic acids is 1. The number of fused-ring (bicyclic) bond motifs is 1. The highest BCUT2D eigenvalue weighted by atomic mass is 32.1. The highest BCUT2D eigenvalue weighted by Gasteiger charge is 2.28. The van der Waals surface area contributed by atoms with E-state index >= 15 is 0 Å². The van der Waals surface area contributed by atoms with E-state index < -0.39 is 5.97 Å². The number of aromatic amines is 1. The van der Waals surface area contributed by atoms with Crippen LogP contribution in [0.4, 0.5) is 0 Å². The number of carboxylic acid groups (broad SMARTS) is 1. The number of H-pyrrole nitrogens is 1. The predicted molar refractivity (Wildman–Crippen MR) is 66.3 cm³/mol. The van der Waals surface area contributed by atoms with E-state index in [1.165, 1.54) is 10.4 Å². The Bertz CT molecular complexity index is 537. The fourth-order valence-electron chi connectivity index (χ4n) is 2.67. The van der Waals surface area contributed by atoms with Gasteiger partial charge in [0.15, 0.2) is 0 Å². The van der Waals surface area contributed by atoms with Crippen LogP contribution in [0.3, 0.4) is 0 Å². The maximum absolute atomic E-state index is 10.9. The lowest BCUT2D eigenvalue weighted by molar-refractivity contribution is -0.142. The first-order chi connectivity index (χ1) is 8.25. The first-order valence-corrected chi connectivity index (χ1v) is 6.78. The van der Waals surface area contributed by atoms with Crippen LogP contribution in [0.25, 0.3) is 10.2 Å². The van der Waals surface area contributed by atoms with Crippen molar-refractivity contribution in [1.82, 2.24) is 10.2 Å². The van der Waals surface area contributed by atoms with E-state index in [4.69, 9.17) is 5.11 Å². The Kier molecular flexibility index (Phi) is 2.63. The third-order valence-electron chi connectivity index (χ3n) is 3.67. The first kappa shape index (κ1) is 10.8. The summed E-state index contributed by atoms with van der Waals surface area (Å²) in [5.41, 5.74) is 2.24. The Hall–Kier alpha value is -1.36. The van der Waals surface area contributed by atoms with Crippen LogP contribution in [-0.2, 0) is 4.79 Å². The van der Waals surface area contributed by atoms with Crippen molar-refractivity contribution in [2.75, 3.05) is 0 Å². The van der Waals surface area contributed by atoms with Gasteiger partial charge in [-0.3, -0.25) is 9.89 Å². The molecule has 5 heteroatoms. The largest absolute Gasteiger partial charge is 0.481 e. The smallest absolute Gasteiger partial charge is 0.306 e. The minimum absolute atomic E-state index is 0.145. The quantitative estimate of drug-likeness (QED) is 0.861. The van der Waals surface area contributed by atoms with Crippen LogP contribution in [0.5, 0.6) is 0 Å². The number of carboxylic acids is 1. The van der Waals surface area contributed by atoms with E-state index in [2.05, 4.69) is 15.6 Å². The first-order valence-electron chi connectivity index (χ1n) is 5.90. The van der Waals surface area contributed by atoms with Gasteiger partial charge in [0.1, 0.15) is 5.52 Å². The molecule has 2 aromatic rings. The van der Waals surface area contributed by atoms with Gasteiger partial charge >= 0.3 is 5.97 Å². The molecule has 4 nitrogen and oxygen atoms in total. The van der Waals surface area contributed by atoms with Gasteiger partial charge in [0.05, 0.1) is 16.3 Å². The van der Waals surface area contributed by atoms with Gasteiger partial charge < -0.3 is 5.11 Å². The molecule has 1 aliphatic rings. The molecule has 0 amide bonds. The van der Waals surface area contributed by atoms with Crippen molar-refractivity contribution in [1.29, 1.82) is 0 Å². The molecule has 0 atom stereocenters. The van der Waals surface area contributed by atoms with Crippen molar-refractivity contribution in [3.8, 4) is 0 Å². The molecule has 1 aliphatic carbocycles. The van der Waals surface area contributed by atoms with E-state index in [-0.39, 0.29) is 5.92 Å². The molecule has 0 unspecified atom stereocenters. The van der Waals surface area contributed by atoms with Crippen LogP contribution in [0.1, 0.15) is 37.3 Å². The van der Waals surface area contributed by atoms with E-state index in [1.807, 2.05) is 6.07 Å². The van der Waals surface area contributed by atoms with Crippen molar-refractivity contribution >= 4 is 27.5 Å². The normalized spacial score (nSPS) is 25.2. The number of thiophene rings is 1. The summed E-state index contributed by atoms with van der Waals surface area (Å²) in [6, 6.07) is 2.02. The second-order valence-corrected chi connectivity index (χ2v) is 5.58. The minimum atomic E-state index is -0.644. The number of nitrogens with zero attached hydrogens (tertiary/aromatic N) is 1. The van der Waals surface area contributed by atoms with Gasteiger partial charge in [-0.2, -0.15) is 5.10 Å². The topological polar surface area (TPSA) is 66.0 Å². The summed E-state index contributed by atoms with van der Waals surface area (Å²) in [6.07, 6.45) is 3.47. The van der Waals surface area contributed by atoms with Crippen molar-refractivity contribution in [2.45, 2.75) is 31.6 Å². The third-order valence-corrected chi connectivity index (χ3v) is 4.61. The van der Waals surface area contributed by atoms with Crippen LogP contribution in [0.2, 0.25) is 0 Å². The van der Waals surface area contributed by atoms with Crippen LogP contribution in [0, 0.1) is 5.92 Å². The zero-order valence-corrected chi connectivity index (χ0v) is 10.2. The maximum atomic E-state index is 10.9. The highest BCUT2D eigenvalue weighted by Crippen LogP contribution is 2.38. The van der Waals surface area contributed by atoms with Crippen LogP contribution >= 0.6 is 11.3 Å².